The monoisotopic (exact) mass is 279 g/mol. The standard InChI is InChI=1S/C15H25N3O2/c1-2-5-15(6-8-16-9-7-15)14-17-13(18-20-14)12-4-3-10-19-11-12/h12,16H,2-11H2,1H3. The Kier molecular flexibility index (Phi) is 4.36. The largest absolute Gasteiger partial charge is 0.381 e. The van der Waals surface area contributed by atoms with E-state index in [0.29, 0.717) is 5.92 Å². The molecule has 2 saturated heterocycles. The van der Waals surface area contributed by atoms with Gasteiger partial charge in [0.25, 0.3) is 0 Å². The summed E-state index contributed by atoms with van der Waals surface area (Å²) in [5, 5.41) is 7.68. The molecule has 0 saturated carbocycles. The molecule has 0 aliphatic carbocycles. The summed E-state index contributed by atoms with van der Waals surface area (Å²) >= 11 is 0. The molecule has 5 heteroatoms. The zero-order valence-corrected chi connectivity index (χ0v) is 12.4. The normalized spacial score (nSPS) is 26.6. The second kappa shape index (κ2) is 6.22. The molecule has 1 aromatic heterocycles. The number of nitrogens with one attached hydrogen (secondary N) is 1. The minimum Gasteiger partial charge on any atom is -0.381 e. The first-order chi connectivity index (χ1) is 9.84. The van der Waals surface area contributed by atoms with Gasteiger partial charge in [-0.1, -0.05) is 18.5 Å². The van der Waals surface area contributed by atoms with Crippen LogP contribution in [0.1, 0.15) is 63.1 Å². The van der Waals surface area contributed by atoms with E-state index in [1.807, 2.05) is 0 Å². The van der Waals surface area contributed by atoms with Crippen LogP contribution in [-0.4, -0.2) is 36.4 Å². The fourth-order valence-electron chi connectivity index (χ4n) is 3.52. The predicted octanol–water partition coefficient (Wildman–Crippen LogP) is 2.38. The van der Waals surface area contributed by atoms with Gasteiger partial charge in [0.1, 0.15) is 0 Å². The Balaban J connectivity index is 1.79. The van der Waals surface area contributed by atoms with E-state index in [4.69, 9.17) is 14.2 Å². The van der Waals surface area contributed by atoms with Crippen molar-refractivity contribution in [2.45, 2.75) is 56.8 Å². The molecular formula is C15H25N3O2. The van der Waals surface area contributed by atoms with E-state index in [1.54, 1.807) is 0 Å². The van der Waals surface area contributed by atoms with Crippen LogP contribution in [0.5, 0.6) is 0 Å². The maximum absolute atomic E-state index is 5.67. The molecule has 2 aliphatic heterocycles. The highest BCUT2D eigenvalue weighted by Gasteiger charge is 2.39. The van der Waals surface area contributed by atoms with Gasteiger partial charge in [0.2, 0.25) is 5.89 Å². The zero-order valence-electron chi connectivity index (χ0n) is 12.4. The maximum Gasteiger partial charge on any atom is 0.232 e. The van der Waals surface area contributed by atoms with Gasteiger partial charge in [-0.15, -0.1) is 0 Å². The molecule has 0 bridgehead atoms. The minimum atomic E-state index is 0.0980. The third-order valence-corrected chi connectivity index (χ3v) is 4.71. The summed E-state index contributed by atoms with van der Waals surface area (Å²) in [5.41, 5.74) is 0.0980. The smallest absolute Gasteiger partial charge is 0.232 e. The Hall–Kier alpha value is -0.940. The molecule has 0 radical (unpaired) electrons. The van der Waals surface area contributed by atoms with Crippen molar-refractivity contribution in [1.82, 2.24) is 15.5 Å². The molecule has 0 aromatic carbocycles. The van der Waals surface area contributed by atoms with Gasteiger partial charge in [-0.05, 0) is 45.2 Å². The van der Waals surface area contributed by atoms with Crippen LogP contribution in [0.3, 0.4) is 0 Å². The highest BCUT2D eigenvalue weighted by Crippen LogP contribution is 2.37. The van der Waals surface area contributed by atoms with Crippen LogP contribution in [0, 0.1) is 0 Å². The predicted molar refractivity (Wildman–Crippen MR) is 75.8 cm³/mol. The zero-order chi connectivity index (χ0) is 13.8. The van der Waals surface area contributed by atoms with Gasteiger partial charge in [-0.25, -0.2) is 0 Å². The SMILES string of the molecule is CCCC1(c2nc(C3CCCOC3)no2)CCNCC1. The average molecular weight is 279 g/mol. The highest BCUT2D eigenvalue weighted by molar-refractivity contribution is 5.09. The second-order valence-corrected chi connectivity index (χ2v) is 6.15. The van der Waals surface area contributed by atoms with Crippen LogP contribution in [0.15, 0.2) is 4.52 Å². The number of ether oxygens (including phenoxy) is 1. The number of piperidine rings is 1. The maximum atomic E-state index is 5.67. The van der Waals surface area contributed by atoms with Crippen molar-refractivity contribution < 1.29 is 9.26 Å². The summed E-state index contributed by atoms with van der Waals surface area (Å²) in [6, 6.07) is 0. The van der Waals surface area contributed by atoms with E-state index in [9.17, 15) is 0 Å². The van der Waals surface area contributed by atoms with Crippen molar-refractivity contribution >= 4 is 0 Å². The van der Waals surface area contributed by atoms with Crippen LogP contribution in [0.25, 0.3) is 0 Å². The van der Waals surface area contributed by atoms with Crippen molar-refractivity contribution in [2.24, 2.45) is 0 Å². The van der Waals surface area contributed by atoms with Crippen molar-refractivity contribution in [3.63, 3.8) is 0 Å². The molecule has 20 heavy (non-hydrogen) atoms. The molecular weight excluding hydrogens is 254 g/mol. The summed E-state index contributed by atoms with van der Waals surface area (Å²) in [6.07, 6.45) is 6.70. The number of hydrogen-bond acceptors (Lipinski definition) is 5. The lowest BCUT2D eigenvalue weighted by molar-refractivity contribution is 0.0773. The van der Waals surface area contributed by atoms with Gasteiger partial charge < -0.3 is 14.6 Å². The van der Waals surface area contributed by atoms with E-state index in [2.05, 4.69) is 17.4 Å². The minimum absolute atomic E-state index is 0.0980. The Morgan fingerprint density at radius 2 is 2.20 bits per heavy atom. The van der Waals surface area contributed by atoms with Gasteiger partial charge >= 0.3 is 0 Å². The topological polar surface area (TPSA) is 60.2 Å². The van der Waals surface area contributed by atoms with Crippen LogP contribution >= 0.6 is 0 Å². The third kappa shape index (κ3) is 2.74. The van der Waals surface area contributed by atoms with Crippen molar-refractivity contribution in [3.05, 3.63) is 11.7 Å². The molecule has 1 atom stereocenters. The van der Waals surface area contributed by atoms with Crippen LogP contribution in [-0.2, 0) is 10.2 Å². The van der Waals surface area contributed by atoms with Gasteiger partial charge in [0, 0.05) is 12.5 Å². The second-order valence-electron chi connectivity index (χ2n) is 6.15. The highest BCUT2D eigenvalue weighted by atomic mass is 16.5. The van der Waals surface area contributed by atoms with E-state index >= 15 is 0 Å². The molecule has 1 N–H and O–H groups in total. The van der Waals surface area contributed by atoms with E-state index in [1.165, 1.54) is 0 Å². The molecule has 5 nitrogen and oxygen atoms in total. The average Bonchev–Trinajstić information content (AvgIpc) is 3.00. The Bertz CT molecular complexity index is 415. The van der Waals surface area contributed by atoms with Crippen LogP contribution < -0.4 is 5.32 Å². The molecule has 3 rings (SSSR count). The number of aromatic nitrogens is 2. The molecule has 0 amide bonds. The van der Waals surface area contributed by atoms with E-state index in [0.717, 1.165) is 76.5 Å². The van der Waals surface area contributed by atoms with E-state index in [-0.39, 0.29) is 5.41 Å². The van der Waals surface area contributed by atoms with E-state index < -0.39 is 0 Å². The van der Waals surface area contributed by atoms with Gasteiger partial charge in [-0.3, -0.25) is 0 Å². The molecule has 1 aromatic rings. The molecule has 1 unspecified atom stereocenters. The number of nitrogens with zero attached hydrogens (tertiary/aromatic N) is 2. The Morgan fingerprint density at radius 1 is 1.35 bits per heavy atom. The molecule has 0 spiro atoms. The summed E-state index contributed by atoms with van der Waals surface area (Å²) in [4.78, 5) is 4.76. The first-order valence-corrected chi connectivity index (χ1v) is 7.96. The van der Waals surface area contributed by atoms with Crippen molar-refractivity contribution in [1.29, 1.82) is 0 Å². The van der Waals surface area contributed by atoms with Crippen molar-refractivity contribution in [2.75, 3.05) is 26.3 Å². The third-order valence-electron chi connectivity index (χ3n) is 4.71. The molecule has 2 aliphatic rings. The van der Waals surface area contributed by atoms with Gasteiger partial charge in [0.15, 0.2) is 5.82 Å². The quantitative estimate of drug-likeness (QED) is 0.917. The Morgan fingerprint density at radius 3 is 2.90 bits per heavy atom. The van der Waals surface area contributed by atoms with Crippen LogP contribution in [0.4, 0.5) is 0 Å². The fourth-order valence-corrected chi connectivity index (χ4v) is 3.52. The van der Waals surface area contributed by atoms with Crippen molar-refractivity contribution in [3.8, 4) is 0 Å². The van der Waals surface area contributed by atoms with Gasteiger partial charge in [0.05, 0.1) is 12.0 Å². The summed E-state index contributed by atoms with van der Waals surface area (Å²) in [5.74, 6) is 2.04. The molecule has 3 heterocycles. The summed E-state index contributed by atoms with van der Waals surface area (Å²) in [7, 11) is 0. The first kappa shape index (κ1) is 14.0. The lowest BCUT2D eigenvalue weighted by Gasteiger charge is -2.34. The summed E-state index contributed by atoms with van der Waals surface area (Å²) in [6.45, 7) is 5.93. The summed E-state index contributed by atoms with van der Waals surface area (Å²) < 4.78 is 11.2. The van der Waals surface area contributed by atoms with Crippen LogP contribution in [0.2, 0.25) is 0 Å². The number of rotatable bonds is 4. The van der Waals surface area contributed by atoms with Gasteiger partial charge in [-0.2, -0.15) is 4.98 Å². The molecule has 112 valence electrons. The fraction of sp³-hybridized carbons (Fsp3) is 0.867. The lowest BCUT2D eigenvalue weighted by atomic mass is 9.75. The number of hydrogen-bond donors (Lipinski definition) is 1. The lowest BCUT2D eigenvalue weighted by Crippen LogP contribution is -2.40. The Labute approximate surface area is 120 Å². The molecule has 2 fully saturated rings. The first-order valence-electron chi connectivity index (χ1n) is 7.96.